The molecule has 0 spiro atoms. The van der Waals surface area contributed by atoms with Crippen LogP contribution in [0.2, 0.25) is 0 Å². The van der Waals surface area contributed by atoms with Crippen LogP contribution < -0.4 is 5.32 Å². The number of carbonyl (C=O) groups excluding carboxylic acids is 2. The second kappa shape index (κ2) is 7.00. The van der Waals surface area contributed by atoms with Crippen molar-refractivity contribution in [2.75, 3.05) is 18.4 Å². The van der Waals surface area contributed by atoms with Gasteiger partial charge in [-0.3, -0.25) is 9.59 Å². The third-order valence-corrected chi connectivity index (χ3v) is 5.82. The summed E-state index contributed by atoms with van der Waals surface area (Å²) >= 11 is 1.68. The summed E-state index contributed by atoms with van der Waals surface area (Å²) in [4.78, 5) is 27.8. The second-order valence-corrected chi connectivity index (χ2v) is 7.85. The zero-order valence-electron chi connectivity index (χ0n) is 14.1. The van der Waals surface area contributed by atoms with Crippen molar-refractivity contribution in [3.05, 3.63) is 34.7 Å². The minimum atomic E-state index is -0.0339. The first kappa shape index (κ1) is 16.3. The highest BCUT2D eigenvalue weighted by molar-refractivity contribution is 7.09. The fraction of sp³-hybridized carbons (Fsp3) is 0.500. The largest absolute Gasteiger partial charge is 0.342 e. The van der Waals surface area contributed by atoms with Gasteiger partial charge in [0.25, 0.3) is 0 Å². The number of thiophene rings is 1. The van der Waals surface area contributed by atoms with Crippen LogP contribution in [-0.2, 0) is 16.1 Å². The van der Waals surface area contributed by atoms with Crippen molar-refractivity contribution >= 4 is 29.0 Å². The van der Waals surface area contributed by atoms with Crippen molar-refractivity contribution in [2.24, 2.45) is 11.8 Å². The Morgan fingerprint density at radius 2 is 1.96 bits per heavy atom. The molecule has 132 valence electrons. The Balaban J connectivity index is 1.32. The van der Waals surface area contributed by atoms with Gasteiger partial charge in [-0.1, -0.05) is 6.07 Å². The van der Waals surface area contributed by atoms with Gasteiger partial charge in [-0.05, 0) is 37.1 Å². The molecule has 25 heavy (non-hydrogen) atoms. The lowest BCUT2D eigenvalue weighted by Gasteiger charge is -2.31. The molecule has 2 fully saturated rings. The summed E-state index contributed by atoms with van der Waals surface area (Å²) in [5.74, 6) is 1.28. The maximum atomic E-state index is 12.6. The Morgan fingerprint density at radius 3 is 2.64 bits per heavy atom. The number of hydrogen-bond acceptors (Lipinski definition) is 4. The molecule has 7 heteroatoms. The first-order valence-corrected chi connectivity index (χ1v) is 9.72. The Hall–Kier alpha value is -2.15. The molecule has 1 aliphatic carbocycles. The molecular formula is C18H22N4O2S. The van der Waals surface area contributed by atoms with E-state index >= 15 is 0 Å². The van der Waals surface area contributed by atoms with Crippen molar-refractivity contribution in [1.82, 2.24) is 14.7 Å². The predicted octanol–water partition coefficient (Wildman–Crippen LogP) is 2.58. The summed E-state index contributed by atoms with van der Waals surface area (Å²) < 4.78 is 1.81. The number of nitrogens with zero attached hydrogens (tertiary/aromatic N) is 3. The van der Waals surface area contributed by atoms with Gasteiger partial charge in [-0.15, -0.1) is 11.3 Å². The normalized spacial score (nSPS) is 18.3. The van der Waals surface area contributed by atoms with E-state index in [2.05, 4.69) is 16.5 Å². The topological polar surface area (TPSA) is 67.2 Å². The van der Waals surface area contributed by atoms with Gasteiger partial charge < -0.3 is 10.2 Å². The van der Waals surface area contributed by atoms with Crippen LogP contribution in [0.15, 0.2) is 29.8 Å². The highest BCUT2D eigenvalue weighted by Gasteiger charge is 2.36. The average molecular weight is 358 g/mol. The third-order valence-electron chi connectivity index (χ3n) is 4.96. The maximum absolute atomic E-state index is 12.6. The molecule has 1 saturated carbocycles. The zero-order valence-corrected chi connectivity index (χ0v) is 14.9. The summed E-state index contributed by atoms with van der Waals surface area (Å²) in [6.07, 6.45) is 5.26. The van der Waals surface area contributed by atoms with E-state index in [9.17, 15) is 9.59 Å². The van der Waals surface area contributed by atoms with Gasteiger partial charge in [-0.25, -0.2) is 4.68 Å². The number of rotatable bonds is 5. The van der Waals surface area contributed by atoms with E-state index in [1.54, 1.807) is 17.5 Å². The molecule has 4 rings (SSSR count). The quantitative estimate of drug-likeness (QED) is 0.893. The van der Waals surface area contributed by atoms with Crippen LogP contribution in [0.4, 0.5) is 5.82 Å². The van der Waals surface area contributed by atoms with Gasteiger partial charge in [0, 0.05) is 35.9 Å². The van der Waals surface area contributed by atoms with Crippen molar-refractivity contribution in [3.63, 3.8) is 0 Å². The van der Waals surface area contributed by atoms with Crippen LogP contribution in [0.5, 0.6) is 0 Å². The van der Waals surface area contributed by atoms with E-state index in [-0.39, 0.29) is 23.7 Å². The van der Waals surface area contributed by atoms with Gasteiger partial charge in [-0.2, -0.15) is 5.10 Å². The minimum Gasteiger partial charge on any atom is -0.342 e. The summed E-state index contributed by atoms with van der Waals surface area (Å²) in [7, 11) is 0. The molecule has 0 atom stereocenters. The van der Waals surface area contributed by atoms with E-state index in [1.807, 2.05) is 27.1 Å². The lowest BCUT2D eigenvalue weighted by atomic mass is 9.95. The molecule has 1 N–H and O–H groups in total. The fourth-order valence-electron chi connectivity index (χ4n) is 3.29. The summed E-state index contributed by atoms with van der Waals surface area (Å²) in [6.45, 7) is 2.05. The zero-order chi connectivity index (χ0) is 17.2. The number of hydrogen-bond donors (Lipinski definition) is 1. The van der Waals surface area contributed by atoms with Crippen LogP contribution in [0.1, 0.15) is 30.6 Å². The highest BCUT2D eigenvalue weighted by atomic mass is 32.1. The molecule has 2 amide bonds. The maximum Gasteiger partial charge on any atom is 0.228 e. The van der Waals surface area contributed by atoms with Gasteiger partial charge in [0.05, 0.1) is 12.7 Å². The number of aromatic nitrogens is 2. The smallest absolute Gasteiger partial charge is 0.228 e. The third kappa shape index (κ3) is 3.76. The van der Waals surface area contributed by atoms with Crippen molar-refractivity contribution in [2.45, 2.75) is 32.2 Å². The SMILES string of the molecule is O=C(Nc1ccnn1Cc1cccs1)C1CCN(C(=O)C2CC2)CC1. The number of amides is 2. The molecule has 0 unspecified atom stereocenters. The van der Waals surface area contributed by atoms with Crippen LogP contribution in [0, 0.1) is 11.8 Å². The average Bonchev–Trinajstić information content (AvgIpc) is 3.20. The molecule has 0 bridgehead atoms. The molecule has 2 aromatic heterocycles. The number of likely N-dealkylation sites (tertiary alicyclic amines) is 1. The molecule has 1 saturated heterocycles. The van der Waals surface area contributed by atoms with Gasteiger partial charge in [0.15, 0.2) is 0 Å². The van der Waals surface area contributed by atoms with E-state index in [4.69, 9.17) is 0 Å². The second-order valence-electron chi connectivity index (χ2n) is 6.82. The summed E-state index contributed by atoms with van der Waals surface area (Å²) in [6, 6.07) is 5.90. The number of anilines is 1. The highest BCUT2D eigenvalue weighted by Crippen LogP contribution is 2.32. The fourth-order valence-corrected chi connectivity index (χ4v) is 3.98. The van der Waals surface area contributed by atoms with Gasteiger partial charge >= 0.3 is 0 Å². The monoisotopic (exact) mass is 358 g/mol. The summed E-state index contributed by atoms with van der Waals surface area (Å²) in [5, 5.41) is 9.36. The molecule has 2 aliphatic rings. The molecule has 0 radical (unpaired) electrons. The predicted molar refractivity (Wildman–Crippen MR) is 96.3 cm³/mol. The number of piperidine rings is 1. The van der Waals surface area contributed by atoms with Crippen molar-refractivity contribution < 1.29 is 9.59 Å². The lowest BCUT2D eigenvalue weighted by molar-refractivity contribution is -0.135. The lowest BCUT2D eigenvalue weighted by Crippen LogP contribution is -2.42. The van der Waals surface area contributed by atoms with Crippen LogP contribution in [0.3, 0.4) is 0 Å². The van der Waals surface area contributed by atoms with E-state index in [0.717, 1.165) is 31.5 Å². The molecule has 0 aromatic carbocycles. The first-order valence-electron chi connectivity index (χ1n) is 8.84. The Morgan fingerprint density at radius 1 is 1.16 bits per heavy atom. The van der Waals surface area contributed by atoms with E-state index < -0.39 is 0 Å². The first-order chi connectivity index (χ1) is 12.2. The minimum absolute atomic E-state index is 0.0338. The van der Waals surface area contributed by atoms with Crippen LogP contribution in [-0.4, -0.2) is 39.6 Å². The molecule has 2 aromatic rings. The molecule has 6 nitrogen and oxygen atoms in total. The number of carbonyl (C=O) groups is 2. The summed E-state index contributed by atoms with van der Waals surface area (Å²) in [5.41, 5.74) is 0. The van der Waals surface area contributed by atoms with E-state index in [1.165, 1.54) is 4.88 Å². The standard InChI is InChI=1S/C18H22N4O2S/c23-17(13-6-9-21(10-7-13)18(24)14-3-4-14)20-16-5-8-19-22(16)12-15-2-1-11-25-15/h1-2,5,8,11,13-14H,3-4,6-7,9-10,12H2,(H,20,23). The van der Waals surface area contributed by atoms with Crippen LogP contribution in [0.25, 0.3) is 0 Å². The molecule has 1 aliphatic heterocycles. The van der Waals surface area contributed by atoms with Gasteiger partial charge in [0.1, 0.15) is 5.82 Å². The van der Waals surface area contributed by atoms with Crippen LogP contribution >= 0.6 is 11.3 Å². The van der Waals surface area contributed by atoms with Crippen molar-refractivity contribution in [1.29, 1.82) is 0 Å². The van der Waals surface area contributed by atoms with Gasteiger partial charge in [0.2, 0.25) is 11.8 Å². The van der Waals surface area contributed by atoms with Crippen molar-refractivity contribution in [3.8, 4) is 0 Å². The van der Waals surface area contributed by atoms with E-state index in [0.29, 0.717) is 19.6 Å². The Kier molecular flexibility index (Phi) is 4.57. The molecular weight excluding hydrogens is 336 g/mol. The molecule has 3 heterocycles. The number of nitrogens with one attached hydrogen (secondary N) is 1. The Labute approximate surface area is 150 Å². The Bertz CT molecular complexity index is 743.